The zero-order valence-electron chi connectivity index (χ0n) is 13.3. The van der Waals surface area contributed by atoms with Gasteiger partial charge in [0.1, 0.15) is 0 Å². The number of sulfone groups is 1. The maximum absolute atomic E-state index is 12.0. The third kappa shape index (κ3) is 4.47. The van der Waals surface area contributed by atoms with Gasteiger partial charge in [-0.25, -0.2) is 8.42 Å². The minimum absolute atomic E-state index is 0.0346. The Labute approximate surface area is 138 Å². The van der Waals surface area contributed by atoms with Gasteiger partial charge in [0, 0.05) is 30.9 Å². The van der Waals surface area contributed by atoms with Gasteiger partial charge in [-0.05, 0) is 55.9 Å². The molecule has 1 aromatic carbocycles. The number of anilines is 2. The van der Waals surface area contributed by atoms with Crippen molar-refractivity contribution >= 4 is 27.1 Å². The summed E-state index contributed by atoms with van der Waals surface area (Å²) in [5.41, 5.74) is 1.97. The molecule has 23 heavy (non-hydrogen) atoms. The topological polar surface area (TPSA) is 66.5 Å². The fourth-order valence-electron chi connectivity index (χ4n) is 3.41. The molecule has 0 aliphatic carbocycles. The minimum atomic E-state index is -2.92. The number of hydrogen-bond donors (Lipinski definition) is 1. The predicted octanol–water partition coefficient (Wildman–Crippen LogP) is 2.44. The van der Waals surface area contributed by atoms with Crippen molar-refractivity contribution < 1.29 is 13.2 Å². The second-order valence-electron chi connectivity index (χ2n) is 6.62. The largest absolute Gasteiger partial charge is 0.372 e. The third-order valence-electron chi connectivity index (χ3n) is 4.67. The van der Waals surface area contributed by atoms with E-state index in [1.807, 2.05) is 24.3 Å². The molecule has 126 valence electrons. The molecule has 0 spiro atoms. The molecule has 2 fully saturated rings. The highest BCUT2D eigenvalue weighted by molar-refractivity contribution is 7.91. The predicted molar refractivity (Wildman–Crippen MR) is 92.5 cm³/mol. The Morgan fingerprint density at radius 2 is 1.83 bits per heavy atom. The van der Waals surface area contributed by atoms with Crippen molar-refractivity contribution in [2.45, 2.75) is 32.1 Å². The molecule has 2 aliphatic heterocycles. The van der Waals surface area contributed by atoms with Crippen LogP contribution in [0.4, 0.5) is 11.4 Å². The number of amides is 1. The summed E-state index contributed by atoms with van der Waals surface area (Å²) in [7, 11) is -2.92. The second kappa shape index (κ2) is 6.91. The van der Waals surface area contributed by atoms with Crippen molar-refractivity contribution in [3.63, 3.8) is 0 Å². The Kier molecular flexibility index (Phi) is 4.90. The minimum Gasteiger partial charge on any atom is -0.372 e. The normalized spacial score (nSPS) is 23.7. The van der Waals surface area contributed by atoms with Gasteiger partial charge in [-0.1, -0.05) is 0 Å². The van der Waals surface area contributed by atoms with Crippen molar-refractivity contribution in [2.75, 3.05) is 34.8 Å². The molecule has 1 aromatic rings. The molecule has 3 rings (SSSR count). The zero-order valence-corrected chi connectivity index (χ0v) is 14.1. The molecule has 0 radical (unpaired) electrons. The Morgan fingerprint density at radius 1 is 1.13 bits per heavy atom. The van der Waals surface area contributed by atoms with E-state index in [0.717, 1.165) is 18.8 Å². The summed E-state index contributed by atoms with van der Waals surface area (Å²) in [6.07, 6.45) is 4.67. The summed E-state index contributed by atoms with van der Waals surface area (Å²) in [6, 6.07) is 7.93. The number of carbonyl (C=O) groups excluding carboxylic acids is 1. The monoisotopic (exact) mass is 336 g/mol. The molecule has 1 amide bonds. The number of benzene rings is 1. The number of nitrogens with zero attached hydrogens (tertiary/aromatic N) is 1. The molecule has 0 saturated carbocycles. The van der Waals surface area contributed by atoms with Crippen molar-refractivity contribution in [1.29, 1.82) is 0 Å². The van der Waals surface area contributed by atoms with E-state index in [1.165, 1.54) is 24.9 Å². The number of piperidine rings is 1. The van der Waals surface area contributed by atoms with Gasteiger partial charge in [-0.2, -0.15) is 0 Å². The van der Waals surface area contributed by atoms with Gasteiger partial charge in [0.15, 0.2) is 9.84 Å². The lowest BCUT2D eigenvalue weighted by molar-refractivity contribution is -0.116. The van der Waals surface area contributed by atoms with Gasteiger partial charge >= 0.3 is 0 Å². The number of rotatable bonds is 4. The van der Waals surface area contributed by atoms with Crippen LogP contribution in [0.3, 0.4) is 0 Å². The van der Waals surface area contributed by atoms with E-state index < -0.39 is 9.84 Å². The van der Waals surface area contributed by atoms with Gasteiger partial charge < -0.3 is 10.2 Å². The van der Waals surface area contributed by atoms with Gasteiger partial charge in [0.25, 0.3) is 0 Å². The molecule has 5 nitrogen and oxygen atoms in total. The van der Waals surface area contributed by atoms with Crippen LogP contribution in [0.1, 0.15) is 32.1 Å². The summed E-state index contributed by atoms with van der Waals surface area (Å²) in [5.74, 6) is 0.231. The maximum Gasteiger partial charge on any atom is 0.224 e. The first kappa shape index (κ1) is 16.3. The molecule has 2 aliphatic rings. The van der Waals surface area contributed by atoms with Gasteiger partial charge in [0.05, 0.1) is 11.5 Å². The molecule has 6 heteroatoms. The van der Waals surface area contributed by atoms with E-state index in [2.05, 4.69) is 10.2 Å². The average Bonchev–Trinajstić information content (AvgIpc) is 2.87. The third-order valence-corrected chi connectivity index (χ3v) is 6.51. The van der Waals surface area contributed by atoms with Gasteiger partial charge in [-0.3, -0.25) is 4.79 Å². The SMILES string of the molecule is O=C(CC1CCS(=O)(=O)C1)Nc1ccc(N2CCCCC2)cc1. The highest BCUT2D eigenvalue weighted by Gasteiger charge is 2.29. The Morgan fingerprint density at radius 3 is 2.43 bits per heavy atom. The van der Waals surface area contributed by atoms with Crippen molar-refractivity contribution in [3.8, 4) is 0 Å². The first-order valence-corrected chi connectivity index (χ1v) is 10.2. The lowest BCUT2D eigenvalue weighted by atomic mass is 10.0. The summed E-state index contributed by atoms with van der Waals surface area (Å²) >= 11 is 0. The fourth-order valence-corrected chi connectivity index (χ4v) is 5.28. The molecule has 1 N–H and O–H groups in total. The molecule has 0 aromatic heterocycles. The standard InChI is InChI=1S/C17H24N2O3S/c20-17(12-14-8-11-23(21,22)13-14)18-15-4-6-16(7-5-15)19-9-2-1-3-10-19/h4-7,14H,1-3,8-13H2,(H,18,20). The lowest BCUT2D eigenvalue weighted by Gasteiger charge is -2.28. The second-order valence-corrected chi connectivity index (χ2v) is 8.84. The average molecular weight is 336 g/mol. The summed E-state index contributed by atoms with van der Waals surface area (Å²) in [5, 5.41) is 2.87. The smallest absolute Gasteiger partial charge is 0.224 e. The number of carbonyl (C=O) groups is 1. The van der Waals surface area contributed by atoms with Crippen molar-refractivity contribution in [3.05, 3.63) is 24.3 Å². The van der Waals surface area contributed by atoms with Gasteiger partial charge in [0.2, 0.25) is 5.91 Å². The summed E-state index contributed by atoms with van der Waals surface area (Å²) in [4.78, 5) is 14.4. The van der Waals surface area contributed by atoms with Crippen LogP contribution < -0.4 is 10.2 Å². The van der Waals surface area contributed by atoms with Crippen LogP contribution in [0, 0.1) is 5.92 Å². The molecule has 1 unspecified atom stereocenters. The quantitative estimate of drug-likeness (QED) is 0.917. The van der Waals surface area contributed by atoms with Crippen LogP contribution in [-0.4, -0.2) is 38.9 Å². The number of hydrogen-bond acceptors (Lipinski definition) is 4. The zero-order chi connectivity index (χ0) is 16.3. The van der Waals surface area contributed by atoms with Crippen LogP contribution in [0.25, 0.3) is 0 Å². The molecular formula is C17H24N2O3S. The highest BCUT2D eigenvalue weighted by atomic mass is 32.2. The molecular weight excluding hydrogens is 312 g/mol. The van der Waals surface area contributed by atoms with Crippen molar-refractivity contribution in [1.82, 2.24) is 0 Å². The molecule has 2 heterocycles. The highest BCUT2D eigenvalue weighted by Crippen LogP contribution is 2.24. The van der Waals surface area contributed by atoms with Gasteiger partial charge in [-0.15, -0.1) is 0 Å². The Balaban J connectivity index is 1.52. The molecule has 0 bridgehead atoms. The molecule has 2 saturated heterocycles. The van der Waals surface area contributed by atoms with E-state index in [1.54, 1.807) is 0 Å². The number of nitrogens with one attached hydrogen (secondary N) is 1. The van der Waals surface area contributed by atoms with Crippen molar-refractivity contribution in [2.24, 2.45) is 5.92 Å². The Hall–Kier alpha value is -1.56. The summed E-state index contributed by atoms with van der Waals surface area (Å²) < 4.78 is 22.9. The van der Waals surface area contributed by atoms with E-state index in [4.69, 9.17) is 0 Å². The van der Waals surface area contributed by atoms with Crippen LogP contribution >= 0.6 is 0 Å². The van der Waals surface area contributed by atoms with E-state index in [-0.39, 0.29) is 29.8 Å². The maximum atomic E-state index is 12.0. The fraction of sp³-hybridized carbons (Fsp3) is 0.588. The van der Waals surface area contributed by atoms with E-state index in [9.17, 15) is 13.2 Å². The molecule has 1 atom stereocenters. The van der Waals surface area contributed by atoms with Crippen LogP contribution in [0.15, 0.2) is 24.3 Å². The van der Waals surface area contributed by atoms with Crippen LogP contribution in [-0.2, 0) is 14.6 Å². The summed E-state index contributed by atoms with van der Waals surface area (Å²) in [6.45, 7) is 2.20. The first-order chi connectivity index (χ1) is 11.0. The Bertz CT molecular complexity index is 649. The lowest BCUT2D eigenvalue weighted by Crippen LogP contribution is -2.29. The van der Waals surface area contributed by atoms with E-state index >= 15 is 0 Å². The van der Waals surface area contributed by atoms with Crippen LogP contribution in [0.2, 0.25) is 0 Å². The van der Waals surface area contributed by atoms with E-state index in [0.29, 0.717) is 6.42 Å². The van der Waals surface area contributed by atoms with Crippen LogP contribution in [0.5, 0.6) is 0 Å². The first-order valence-electron chi connectivity index (χ1n) is 8.37.